The SMILES string of the molecule is C=CCC/C=C/C=C/CCC(=O)O. The van der Waals surface area contributed by atoms with Gasteiger partial charge in [-0.1, -0.05) is 30.4 Å². The second kappa shape index (κ2) is 8.78. The van der Waals surface area contributed by atoms with E-state index < -0.39 is 5.97 Å². The van der Waals surface area contributed by atoms with Crippen molar-refractivity contribution in [2.24, 2.45) is 0 Å². The van der Waals surface area contributed by atoms with Crippen molar-refractivity contribution < 1.29 is 9.90 Å². The van der Waals surface area contributed by atoms with Crippen LogP contribution < -0.4 is 0 Å². The van der Waals surface area contributed by atoms with Crippen molar-refractivity contribution in [3.05, 3.63) is 37.0 Å². The lowest BCUT2D eigenvalue weighted by atomic mass is 10.2. The summed E-state index contributed by atoms with van der Waals surface area (Å²) in [7, 11) is 0. The molecule has 0 saturated carbocycles. The molecule has 2 heteroatoms. The molecule has 72 valence electrons. The summed E-state index contributed by atoms with van der Waals surface area (Å²) in [5, 5.41) is 8.32. The number of allylic oxidation sites excluding steroid dienone is 5. The number of carboxylic acid groups (broad SMARTS) is 1. The van der Waals surface area contributed by atoms with Crippen molar-refractivity contribution in [3.63, 3.8) is 0 Å². The molecule has 0 rings (SSSR count). The van der Waals surface area contributed by atoms with Crippen LogP contribution in [-0.2, 0) is 4.79 Å². The number of hydrogen-bond donors (Lipinski definition) is 1. The molecule has 0 radical (unpaired) electrons. The molecule has 1 N–H and O–H groups in total. The Morgan fingerprint density at radius 1 is 1.15 bits per heavy atom. The van der Waals surface area contributed by atoms with Crippen LogP contribution in [0, 0.1) is 0 Å². The third-order valence-corrected chi connectivity index (χ3v) is 1.45. The normalized spacial score (nSPS) is 11.1. The average Bonchev–Trinajstić information content (AvgIpc) is 2.09. The molecule has 0 spiro atoms. The molecule has 0 aromatic carbocycles. The van der Waals surface area contributed by atoms with Gasteiger partial charge < -0.3 is 5.11 Å². The maximum atomic E-state index is 10.1. The van der Waals surface area contributed by atoms with Crippen LogP contribution in [0.4, 0.5) is 0 Å². The summed E-state index contributed by atoms with van der Waals surface area (Å²) in [5.41, 5.74) is 0. The van der Waals surface area contributed by atoms with Gasteiger partial charge in [-0.2, -0.15) is 0 Å². The molecule has 2 nitrogen and oxygen atoms in total. The molecule has 0 aromatic rings. The van der Waals surface area contributed by atoms with Gasteiger partial charge in [-0.25, -0.2) is 0 Å². The van der Waals surface area contributed by atoms with Crippen molar-refractivity contribution in [1.82, 2.24) is 0 Å². The third kappa shape index (κ3) is 10.7. The molecule has 13 heavy (non-hydrogen) atoms. The molecular weight excluding hydrogens is 164 g/mol. The van der Waals surface area contributed by atoms with Crippen LogP contribution in [0.25, 0.3) is 0 Å². The topological polar surface area (TPSA) is 37.3 Å². The summed E-state index contributed by atoms with van der Waals surface area (Å²) in [6.45, 7) is 3.61. The first-order valence-corrected chi connectivity index (χ1v) is 4.41. The van der Waals surface area contributed by atoms with Crippen LogP contribution >= 0.6 is 0 Å². The van der Waals surface area contributed by atoms with Crippen molar-refractivity contribution in [1.29, 1.82) is 0 Å². The zero-order valence-corrected chi connectivity index (χ0v) is 7.78. The summed E-state index contributed by atoms with van der Waals surface area (Å²) in [6.07, 6.45) is 12.4. The van der Waals surface area contributed by atoms with Gasteiger partial charge in [0, 0.05) is 6.42 Å². The van der Waals surface area contributed by atoms with E-state index in [0.717, 1.165) is 12.8 Å². The van der Waals surface area contributed by atoms with Gasteiger partial charge in [0.25, 0.3) is 0 Å². The Labute approximate surface area is 79.3 Å². The lowest BCUT2D eigenvalue weighted by molar-refractivity contribution is -0.136. The van der Waals surface area contributed by atoms with E-state index in [1.54, 1.807) is 0 Å². The molecule has 0 heterocycles. The Morgan fingerprint density at radius 3 is 2.31 bits per heavy atom. The number of rotatable bonds is 7. The molecule has 0 unspecified atom stereocenters. The molecule has 0 bridgehead atoms. The van der Waals surface area contributed by atoms with Gasteiger partial charge in [-0.3, -0.25) is 4.79 Å². The quantitative estimate of drug-likeness (QED) is 0.371. The molecule has 0 aromatic heterocycles. The fourth-order valence-electron chi connectivity index (χ4n) is 0.770. The van der Waals surface area contributed by atoms with Gasteiger partial charge >= 0.3 is 5.97 Å². The zero-order valence-electron chi connectivity index (χ0n) is 7.78. The zero-order chi connectivity index (χ0) is 9.94. The van der Waals surface area contributed by atoms with E-state index in [9.17, 15) is 4.79 Å². The number of hydrogen-bond acceptors (Lipinski definition) is 1. The first kappa shape index (κ1) is 11.7. The maximum Gasteiger partial charge on any atom is 0.303 e. The standard InChI is InChI=1S/C11H16O2/c1-2-3-4-5-6-7-8-9-10-11(12)13/h2,5-8H,1,3-4,9-10H2,(H,12,13)/b6-5+,8-7+. The van der Waals surface area contributed by atoms with Crippen LogP contribution in [-0.4, -0.2) is 11.1 Å². The van der Waals surface area contributed by atoms with Gasteiger partial charge in [0.15, 0.2) is 0 Å². The van der Waals surface area contributed by atoms with E-state index in [0.29, 0.717) is 6.42 Å². The largest absolute Gasteiger partial charge is 0.481 e. The highest BCUT2D eigenvalue weighted by Crippen LogP contribution is 1.94. The fraction of sp³-hybridized carbons (Fsp3) is 0.364. The summed E-state index contributed by atoms with van der Waals surface area (Å²) in [4.78, 5) is 10.1. The minimum absolute atomic E-state index is 0.205. The van der Waals surface area contributed by atoms with Gasteiger partial charge in [-0.15, -0.1) is 6.58 Å². The van der Waals surface area contributed by atoms with Gasteiger partial charge in [0.2, 0.25) is 0 Å². The molecule has 0 aliphatic rings. The lowest BCUT2D eigenvalue weighted by Gasteiger charge is -1.85. The highest BCUT2D eigenvalue weighted by atomic mass is 16.4. The predicted octanol–water partition coefficient (Wildman–Crippen LogP) is 2.93. The third-order valence-electron chi connectivity index (χ3n) is 1.45. The highest BCUT2D eigenvalue weighted by molar-refractivity contribution is 5.66. The molecule has 0 amide bonds. The van der Waals surface area contributed by atoms with Gasteiger partial charge in [0.05, 0.1) is 0 Å². The van der Waals surface area contributed by atoms with Gasteiger partial charge in [0.1, 0.15) is 0 Å². The van der Waals surface area contributed by atoms with Crippen LogP contribution in [0.5, 0.6) is 0 Å². The smallest absolute Gasteiger partial charge is 0.303 e. The summed E-state index contributed by atoms with van der Waals surface area (Å²) < 4.78 is 0. The Morgan fingerprint density at radius 2 is 1.77 bits per heavy atom. The minimum atomic E-state index is -0.750. The molecule has 0 aliphatic carbocycles. The Balaban J connectivity index is 3.34. The van der Waals surface area contributed by atoms with Crippen LogP contribution in [0.2, 0.25) is 0 Å². The van der Waals surface area contributed by atoms with Gasteiger partial charge in [-0.05, 0) is 19.3 Å². The molecule has 0 saturated heterocycles. The lowest BCUT2D eigenvalue weighted by Crippen LogP contribution is -1.91. The number of unbranched alkanes of at least 4 members (excludes halogenated alkanes) is 1. The summed E-state index contributed by atoms with van der Waals surface area (Å²) >= 11 is 0. The number of carboxylic acids is 1. The van der Waals surface area contributed by atoms with E-state index in [1.165, 1.54) is 0 Å². The van der Waals surface area contributed by atoms with Crippen LogP contribution in [0.3, 0.4) is 0 Å². The monoisotopic (exact) mass is 180 g/mol. The summed E-state index contributed by atoms with van der Waals surface area (Å²) in [5.74, 6) is -0.750. The average molecular weight is 180 g/mol. The van der Waals surface area contributed by atoms with Crippen molar-refractivity contribution in [3.8, 4) is 0 Å². The van der Waals surface area contributed by atoms with Crippen molar-refractivity contribution in [2.45, 2.75) is 25.7 Å². The van der Waals surface area contributed by atoms with E-state index in [2.05, 4.69) is 6.58 Å². The first-order valence-electron chi connectivity index (χ1n) is 4.41. The molecule has 0 fully saturated rings. The number of aliphatic carboxylic acids is 1. The van der Waals surface area contributed by atoms with Crippen LogP contribution in [0.1, 0.15) is 25.7 Å². The Kier molecular flexibility index (Phi) is 7.90. The first-order chi connectivity index (χ1) is 6.27. The van der Waals surface area contributed by atoms with E-state index in [4.69, 9.17) is 5.11 Å². The molecular formula is C11H16O2. The number of carbonyl (C=O) groups is 1. The van der Waals surface area contributed by atoms with E-state index in [1.807, 2.05) is 30.4 Å². The summed E-state index contributed by atoms with van der Waals surface area (Å²) in [6, 6.07) is 0. The maximum absolute atomic E-state index is 10.1. The van der Waals surface area contributed by atoms with Crippen molar-refractivity contribution >= 4 is 5.97 Å². The second-order valence-corrected chi connectivity index (χ2v) is 2.65. The minimum Gasteiger partial charge on any atom is -0.481 e. The Bertz CT molecular complexity index is 202. The molecule has 0 atom stereocenters. The predicted molar refractivity (Wildman–Crippen MR) is 54.6 cm³/mol. The fourth-order valence-corrected chi connectivity index (χ4v) is 0.770. The van der Waals surface area contributed by atoms with E-state index in [-0.39, 0.29) is 6.42 Å². The van der Waals surface area contributed by atoms with Crippen LogP contribution in [0.15, 0.2) is 37.0 Å². The highest BCUT2D eigenvalue weighted by Gasteiger charge is 1.90. The second-order valence-electron chi connectivity index (χ2n) is 2.65. The van der Waals surface area contributed by atoms with E-state index >= 15 is 0 Å². The molecule has 0 aliphatic heterocycles. The van der Waals surface area contributed by atoms with Crippen molar-refractivity contribution in [2.75, 3.05) is 0 Å². The Hall–Kier alpha value is -1.31.